The van der Waals surface area contributed by atoms with Crippen molar-refractivity contribution in [2.75, 3.05) is 52.9 Å². The predicted octanol–water partition coefficient (Wildman–Crippen LogP) is 5.09. The Hall–Kier alpha value is -3.69. The van der Waals surface area contributed by atoms with Crippen LogP contribution in [0, 0.1) is 0 Å². The van der Waals surface area contributed by atoms with E-state index in [-0.39, 0.29) is 19.0 Å². The highest BCUT2D eigenvalue weighted by Gasteiger charge is 2.22. The lowest BCUT2D eigenvalue weighted by molar-refractivity contribution is -0.132. The number of hydrogen-bond donors (Lipinski definition) is 1. The van der Waals surface area contributed by atoms with Crippen molar-refractivity contribution in [3.63, 3.8) is 0 Å². The fourth-order valence-corrected chi connectivity index (χ4v) is 4.06. The Labute approximate surface area is 228 Å². The maximum Gasteiger partial charge on any atom is 0.322 e. The lowest BCUT2D eigenvalue weighted by Gasteiger charge is -2.27. The molecule has 0 saturated carbocycles. The van der Waals surface area contributed by atoms with Crippen molar-refractivity contribution in [1.82, 2.24) is 9.80 Å². The Morgan fingerprint density at radius 2 is 1.76 bits per heavy atom. The molecule has 0 aliphatic heterocycles. The smallest absolute Gasteiger partial charge is 0.322 e. The first-order chi connectivity index (χ1) is 18.4. The highest BCUT2D eigenvalue weighted by Crippen LogP contribution is 2.28. The molecule has 9 nitrogen and oxygen atoms in total. The van der Waals surface area contributed by atoms with Gasteiger partial charge in [0.15, 0.2) is 11.5 Å². The predicted molar refractivity (Wildman–Crippen MR) is 146 cm³/mol. The van der Waals surface area contributed by atoms with E-state index in [1.54, 1.807) is 62.8 Å². The van der Waals surface area contributed by atoms with Crippen molar-refractivity contribution in [3.05, 3.63) is 77.2 Å². The molecule has 0 spiro atoms. The Morgan fingerprint density at radius 1 is 0.947 bits per heavy atom. The van der Waals surface area contributed by atoms with Crippen molar-refractivity contribution in [2.45, 2.75) is 19.4 Å². The highest BCUT2D eigenvalue weighted by atomic mass is 35.5. The van der Waals surface area contributed by atoms with E-state index in [4.69, 9.17) is 30.2 Å². The number of methoxy groups -OCH3 is 3. The number of halogens is 1. The van der Waals surface area contributed by atoms with Gasteiger partial charge in [0.2, 0.25) is 5.91 Å². The largest absolute Gasteiger partial charge is 0.493 e. The van der Waals surface area contributed by atoms with Crippen LogP contribution >= 0.6 is 11.6 Å². The van der Waals surface area contributed by atoms with Crippen molar-refractivity contribution in [1.29, 1.82) is 0 Å². The molecule has 0 aliphatic carbocycles. The van der Waals surface area contributed by atoms with Gasteiger partial charge in [0.1, 0.15) is 12.3 Å². The van der Waals surface area contributed by atoms with Gasteiger partial charge in [-0.15, -0.1) is 0 Å². The fourth-order valence-electron chi connectivity index (χ4n) is 3.87. The number of amides is 3. The zero-order valence-corrected chi connectivity index (χ0v) is 22.7. The van der Waals surface area contributed by atoms with Crippen molar-refractivity contribution < 1.29 is 28.2 Å². The average Bonchev–Trinajstić information content (AvgIpc) is 3.43. The summed E-state index contributed by atoms with van der Waals surface area (Å²) < 4.78 is 21.4. The molecule has 0 unspecified atom stereocenters. The van der Waals surface area contributed by atoms with Gasteiger partial charge in [-0.3, -0.25) is 4.79 Å². The van der Waals surface area contributed by atoms with Gasteiger partial charge in [0, 0.05) is 37.5 Å². The van der Waals surface area contributed by atoms with E-state index in [0.29, 0.717) is 60.5 Å². The van der Waals surface area contributed by atoms with Crippen LogP contribution in [-0.2, 0) is 22.5 Å². The minimum Gasteiger partial charge on any atom is -0.493 e. The van der Waals surface area contributed by atoms with E-state index < -0.39 is 6.03 Å². The normalized spacial score (nSPS) is 10.6. The zero-order chi connectivity index (χ0) is 27.3. The van der Waals surface area contributed by atoms with Gasteiger partial charge in [-0.25, -0.2) is 4.79 Å². The molecule has 0 atom stereocenters. The summed E-state index contributed by atoms with van der Waals surface area (Å²) in [6.45, 7) is 1.39. The first kappa shape index (κ1) is 28.9. The summed E-state index contributed by atoms with van der Waals surface area (Å²) >= 11 is 6.06. The molecule has 2 aromatic carbocycles. The minimum atomic E-state index is -0.394. The second kappa shape index (κ2) is 14.9. The maximum atomic E-state index is 13.5. The summed E-state index contributed by atoms with van der Waals surface area (Å²) in [4.78, 5) is 29.8. The standard InChI is InChI=1S/C28H34ClN3O6/c1-35-15-6-13-32(28(34)30-23-8-4-7-22(29)18-23)20-27(33)31(19-24-9-5-16-38-24)14-12-21-10-11-25(36-2)26(17-21)37-3/h4-5,7-11,16-18H,6,12-15,19-20H2,1-3H3,(H,30,34). The number of nitrogens with zero attached hydrogens (tertiary/aromatic N) is 2. The number of carbonyl (C=O) groups is 2. The van der Waals surface area contributed by atoms with Crippen LogP contribution < -0.4 is 14.8 Å². The van der Waals surface area contributed by atoms with Crippen molar-refractivity contribution in [2.24, 2.45) is 0 Å². The quantitative estimate of drug-likeness (QED) is 0.285. The molecule has 0 fully saturated rings. The number of hydrogen-bond acceptors (Lipinski definition) is 6. The first-order valence-corrected chi connectivity index (χ1v) is 12.6. The number of nitrogens with one attached hydrogen (secondary N) is 1. The number of urea groups is 1. The average molecular weight is 544 g/mol. The van der Waals surface area contributed by atoms with E-state index in [0.717, 1.165) is 5.56 Å². The molecule has 3 aromatic rings. The summed E-state index contributed by atoms with van der Waals surface area (Å²) in [5.74, 6) is 1.70. The molecule has 1 N–H and O–H groups in total. The molecular weight excluding hydrogens is 510 g/mol. The van der Waals surface area contributed by atoms with Gasteiger partial charge in [-0.1, -0.05) is 23.7 Å². The molecule has 3 rings (SSSR count). The van der Waals surface area contributed by atoms with Crippen LogP contribution in [0.15, 0.2) is 65.3 Å². The van der Waals surface area contributed by atoms with Crippen molar-refractivity contribution >= 4 is 29.2 Å². The van der Waals surface area contributed by atoms with E-state index in [9.17, 15) is 9.59 Å². The van der Waals surface area contributed by atoms with Gasteiger partial charge in [-0.2, -0.15) is 0 Å². The molecule has 10 heteroatoms. The molecule has 38 heavy (non-hydrogen) atoms. The molecule has 1 aromatic heterocycles. The summed E-state index contributed by atoms with van der Waals surface area (Å²) in [5.41, 5.74) is 1.53. The van der Waals surface area contributed by atoms with Gasteiger partial charge in [0.25, 0.3) is 0 Å². The van der Waals surface area contributed by atoms with Gasteiger partial charge in [0.05, 0.1) is 27.0 Å². The molecule has 0 bridgehead atoms. The van der Waals surface area contributed by atoms with E-state index >= 15 is 0 Å². The summed E-state index contributed by atoms with van der Waals surface area (Å²) in [7, 11) is 4.77. The van der Waals surface area contributed by atoms with Crippen molar-refractivity contribution in [3.8, 4) is 11.5 Å². The lowest BCUT2D eigenvalue weighted by Crippen LogP contribution is -2.45. The molecule has 0 aliphatic rings. The summed E-state index contributed by atoms with van der Waals surface area (Å²) in [5, 5.41) is 3.33. The Balaban J connectivity index is 1.74. The van der Waals surface area contributed by atoms with Gasteiger partial charge >= 0.3 is 6.03 Å². The molecule has 204 valence electrons. The molecule has 3 amide bonds. The third-order valence-electron chi connectivity index (χ3n) is 5.86. The summed E-state index contributed by atoms with van der Waals surface area (Å²) in [6.07, 6.45) is 2.73. The number of anilines is 1. The minimum absolute atomic E-state index is 0.108. The van der Waals surface area contributed by atoms with Crippen LogP contribution in [0.5, 0.6) is 11.5 Å². The number of carbonyl (C=O) groups excluding carboxylic acids is 2. The molecular formula is C28H34ClN3O6. The van der Waals surface area contributed by atoms with Crippen LogP contribution in [0.2, 0.25) is 5.02 Å². The van der Waals surface area contributed by atoms with Crippen LogP contribution in [0.3, 0.4) is 0 Å². The maximum absolute atomic E-state index is 13.5. The molecule has 1 heterocycles. The Morgan fingerprint density at radius 3 is 2.45 bits per heavy atom. The third-order valence-corrected chi connectivity index (χ3v) is 6.10. The fraction of sp³-hybridized carbons (Fsp3) is 0.357. The second-order valence-corrected chi connectivity index (χ2v) is 8.98. The Kier molecular flexibility index (Phi) is 11.3. The monoisotopic (exact) mass is 543 g/mol. The number of rotatable bonds is 14. The topological polar surface area (TPSA) is 93.5 Å². The van der Waals surface area contributed by atoms with E-state index in [2.05, 4.69) is 5.32 Å². The zero-order valence-electron chi connectivity index (χ0n) is 21.9. The molecule has 0 saturated heterocycles. The van der Waals surface area contributed by atoms with Crippen LogP contribution in [-0.4, -0.2) is 69.3 Å². The summed E-state index contributed by atoms with van der Waals surface area (Å²) in [6, 6.07) is 15.7. The number of benzene rings is 2. The van der Waals surface area contributed by atoms with Crippen LogP contribution in [0.1, 0.15) is 17.7 Å². The van der Waals surface area contributed by atoms with E-state index in [1.807, 2.05) is 24.3 Å². The third kappa shape index (κ3) is 8.71. The first-order valence-electron chi connectivity index (χ1n) is 12.2. The van der Waals surface area contributed by atoms with Crippen LogP contribution in [0.25, 0.3) is 0 Å². The van der Waals surface area contributed by atoms with Gasteiger partial charge < -0.3 is 33.7 Å². The highest BCUT2D eigenvalue weighted by molar-refractivity contribution is 6.30. The van der Waals surface area contributed by atoms with Crippen LogP contribution in [0.4, 0.5) is 10.5 Å². The Bertz CT molecular complexity index is 1170. The van der Waals surface area contributed by atoms with Gasteiger partial charge in [-0.05, 0) is 60.9 Å². The second-order valence-electron chi connectivity index (χ2n) is 8.54. The van der Waals surface area contributed by atoms with E-state index in [1.165, 1.54) is 4.90 Å². The lowest BCUT2D eigenvalue weighted by atomic mass is 10.1. The SMILES string of the molecule is COCCCN(CC(=O)N(CCc1ccc(OC)c(OC)c1)Cc1ccco1)C(=O)Nc1cccc(Cl)c1. The number of ether oxygens (including phenoxy) is 3. The number of furan rings is 1. The molecule has 0 radical (unpaired) electrons.